The Labute approximate surface area is 200 Å². The highest BCUT2D eigenvalue weighted by Crippen LogP contribution is 2.21. The van der Waals surface area contributed by atoms with Gasteiger partial charge in [0.05, 0.1) is 12.0 Å². The minimum absolute atomic E-state index is 0.0338. The minimum atomic E-state index is -3.88. The van der Waals surface area contributed by atoms with Crippen LogP contribution in [0, 0.1) is 11.3 Å². The van der Waals surface area contributed by atoms with E-state index in [2.05, 4.69) is 14.8 Å². The Hall–Kier alpha value is -4.43. The fourth-order valence-corrected chi connectivity index (χ4v) is 3.91. The van der Waals surface area contributed by atoms with Crippen LogP contribution in [0.2, 0.25) is 0 Å². The second kappa shape index (κ2) is 11.1. The average molecular weight is 499 g/mol. The molecule has 0 spiro atoms. The number of carbonyl (C=O) groups excluding carboxylic acids is 1. The molecule has 0 heterocycles. The highest BCUT2D eigenvalue weighted by molar-refractivity contribution is 7.92. The molecule has 11 heteroatoms. The maximum Gasteiger partial charge on any atom is 0.387 e. The molecule has 0 aliphatic carbocycles. The Bertz CT molecular complexity index is 1350. The standard InChI is InChI=1S/C24H19F2N3O5S/c1-33-20-10-4-19(5-11-20)29-35(31,32)22-12-6-18(7-13-22)28-23(30)17(15-27)14-16-2-8-21(9-3-16)34-24(25)26/h2-14,24,29H,1H3,(H,28,30). The van der Waals surface area contributed by atoms with Gasteiger partial charge in [-0.3, -0.25) is 9.52 Å². The third-order valence-corrected chi connectivity index (χ3v) is 5.94. The Morgan fingerprint density at radius 3 is 2.06 bits per heavy atom. The number of sulfonamides is 1. The number of hydrogen-bond donors (Lipinski definition) is 2. The number of anilines is 2. The fraction of sp³-hybridized carbons (Fsp3) is 0.0833. The lowest BCUT2D eigenvalue weighted by atomic mass is 10.1. The first-order valence-electron chi connectivity index (χ1n) is 9.95. The molecule has 8 nitrogen and oxygen atoms in total. The number of benzene rings is 3. The number of alkyl halides is 2. The summed E-state index contributed by atoms with van der Waals surface area (Å²) in [6, 6.07) is 18.9. The number of nitrogens with zero attached hydrogens (tertiary/aromatic N) is 1. The molecule has 0 saturated carbocycles. The quantitative estimate of drug-likeness (QED) is 0.327. The summed E-state index contributed by atoms with van der Waals surface area (Å²) in [5.74, 6) is -0.208. The van der Waals surface area contributed by atoms with Crippen molar-refractivity contribution in [3.05, 3.63) is 83.9 Å². The smallest absolute Gasteiger partial charge is 0.387 e. The van der Waals surface area contributed by atoms with Gasteiger partial charge in [0.15, 0.2) is 0 Å². The van der Waals surface area contributed by atoms with Crippen LogP contribution in [0.3, 0.4) is 0 Å². The van der Waals surface area contributed by atoms with Crippen LogP contribution in [0.25, 0.3) is 6.08 Å². The van der Waals surface area contributed by atoms with Crippen LogP contribution in [0.4, 0.5) is 20.2 Å². The Morgan fingerprint density at radius 1 is 0.943 bits per heavy atom. The minimum Gasteiger partial charge on any atom is -0.497 e. The lowest BCUT2D eigenvalue weighted by Crippen LogP contribution is -2.15. The predicted octanol–water partition coefficient (Wildman–Crippen LogP) is 4.64. The SMILES string of the molecule is COc1ccc(NS(=O)(=O)c2ccc(NC(=O)C(C#N)=Cc3ccc(OC(F)F)cc3)cc2)cc1. The van der Waals surface area contributed by atoms with Gasteiger partial charge in [0.25, 0.3) is 15.9 Å². The van der Waals surface area contributed by atoms with E-state index in [4.69, 9.17) is 4.74 Å². The maximum absolute atomic E-state index is 12.6. The molecule has 3 rings (SSSR count). The van der Waals surface area contributed by atoms with Crippen molar-refractivity contribution >= 4 is 33.4 Å². The van der Waals surface area contributed by atoms with Gasteiger partial charge in [-0.25, -0.2) is 8.42 Å². The molecule has 0 atom stereocenters. The molecule has 0 fully saturated rings. The maximum atomic E-state index is 12.6. The van der Waals surface area contributed by atoms with E-state index in [0.717, 1.165) is 0 Å². The van der Waals surface area contributed by atoms with Gasteiger partial charge in [-0.05, 0) is 72.3 Å². The van der Waals surface area contributed by atoms with Gasteiger partial charge < -0.3 is 14.8 Å². The second-order valence-electron chi connectivity index (χ2n) is 6.93. The van der Waals surface area contributed by atoms with Crippen LogP contribution < -0.4 is 19.5 Å². The molecule has 0 unspecified atom stereocenters. The Balaban J connectivity index is 1.67. The van der Waals surface area contributed by atoms with Crippen molar-refractivity contribution in [2.75, 3.05) is 17.1 Å². The molecule has 3 aromatic rings. The number of nitrogens with one attached hydrogen (secondary N) is 2. The lowest BCUT2D eigenvalue weighted by molar-refractivity contribution is -0.112. The van der Waals surface area contributed by atoms with Crippen molar-refractivity contribution in [2.45, 2.75) is 11.5 Å². The zero-order valence-corrected chi connectivity index (χ0v) is 19.1. The summed E-state index contributed by atoms with van der Waals surface area (Å²) in [6.07, 6.45) is 1.28. The van der Waals surface area contributed by atoms with E-state index in [1.165, 1.54) is 61.7 Å². The Kier molecular flexibility index (Phi) is 8.01. The summed E-state index contributed by atoms with van der Waals surface area (Å²) in [5, 5.41) is 11.8. The first-order valence-corrected chi connectivity index (χ1v) is 11.4. The number of hydrogen-bond acceptors (Lipinski definition) is 6. The number of ether oxygens (including phenoxy) is 2. The van der Waals surface area contributed by atoms with Crippen LogP contribution >= 0.6 is 0 Å². The molecule has 0 aromatic heterocycles. The number of amides is 1. The summed E-state index contributed by atoms with van der Waals surface area (Å²) < 4.78 is 61.4. The van der Waals surface area contributed by atoms with Crippen LogP contribution in [-0.4, -0.2) is 28.0 Å². The van der Waals surface area contributed by atoms with E-state index in [9.17, 15) is 27.3 Å². The summed E-state index contributed by atoms with van der Waals surface area (Å²) in [6.45, 7) is -2.96. The molecule has 1 amide bonds. The second-order valence-corrected chi connectivity index (χ2v) is 8.61. The molecular formula is C24H19F2N3O5S. The molecule has 0 bridgehead atoms. The summed E-state index contributed by atoms with van der Waals surface area (Å²) in [7, 11) is -2.37. The van der Waals surface area contributed by atoms with Gasteiger partial charge in [0.1, 0.15) is 23.1 Å². The summed E-state index contributed by atoms with van der Waals surface area (Å²) >= 11 is 0. The zero-order chi connectivity index (χ0) is 25.4. The van der Waals surface area contributed by atoms with E-state index in [-0.39, 0.29) is 21.9 Å². The lowest BCUT2D eigenvalue weighted by Gasteiger charge is -2.10. The number of methoxy groups -OCH3 is 1. The van der Waals surface area contributed by atoms with Gasteiger partial charge in [-0.15, -0.1) is 0 Å². The molecule has 0 saturated heterocycles. The van der Waals surface area contributed by atoms with Crippen molar-refractivity contribution in [3.8, 4) is 17.6 Å². The van der Waals surface area contributed by atoms with Gasteiger partial charge in [-0.2, -0.15) is 14.0 Å². The van der Waals surface area contributed by atoms with E-state index in [1.54, 1.807) is 30.3 Å². The van der Waals surface area contributed by atoms with Crippen molar-refractivity contribution in [3.63, 3.8) is 0 Å². The molecule has 0 aliphatic rings. The fourth-order valence-electron chi connectivity index (χ4n) is 2.85. The largest absolute Gasteiger partial charge is 0.497 e. The average Bonchev–Trinajstić information content (AvgIpc) is 2.83. The third-order valence-electron chi connectivity index (χ3n) is 4.55. The number of halogens is 2. The molecule has 0 radical (unpaired) electrons. The topological polar surface area (TPSA) is 118 Å². The van der Waals surface area contributed by atoms with E-state index in [0.29, 0.717) is 17.0 Å². The molecule has 35 heavy (non-hydrogen) atoms. The van der Waals surface area contributed by atoms with Crippen molar-refractivity contribution in [2.24, 2.45) is 0 Å². The molecule has 3 aromatic carbocycles. The molecule has 180 valence electrons. The van der Waals surface area contributed by atoms with Crippen LogP contribution in [0.15, 0.2) is 83.3 Å². The van der Waals surface area contributed by atoms with Crippen molar-refractivity contribution in [1.82, 2.24) is 0 Å². The van der Waals surface area contributed by atoms with E-state index >= 15 is 0 Å². The number of carbonyl (C=O) groups is 1. The Morgan fingerprint density at radius 2 is 1.51 bits per heavy atom. The highest BCUT2D eigenvalue weighted by Gasteiger charge is 2.15. The van der Waals surface area contributed by atoms with Gasteiger partial charge >= 0.3 is 6.61 Å². The summed E-state index contributed by atoms with van der Waals surface area (Å²) in [4.78, 5) is 12.4. The normalized spacial score (nSPS) is 11.5. The van der Waals surface area contributed by atoms with Crippen LogP contribution in [-0.2, 0) is 14.8 Å². The van der Waals surface area contributed by atoms with Crippen LogP contribution in [0.1, 0.15) is 5.56 Å². The highest BCUT2D eigenvalue weighted by atomic mass is 32.2. The van der Waals surface area contributed by atoms with Crippen LogP contribution in [0.5, 0.6) is 11.5 Å². The number of rotatable bonds is 9. The number of nitriles is 1. The van der Waals surface area contributed by atoms with E-state index < -0.39 is 22.5 Å². The van der Waals surface area contributed by atoms with Gasteiger partial charge in [-0.1, -0.05) is 12.1 Å². The third kappa shape index (κ3) is 7.02. The van der Waals surface area contributed by atoms with E-state index in [1.807, 2.05) is 0 Å². The zero-order valence-electron chi connectivity index (χ0n) is 18.2. The first kappa shape index (κ1) is 25.2. The molecule has 2 N–H and O–H groups in total. The van der Waals surface area contributed by atoms with Crippen molar-refractivity contribution in [1.29, 1.82) is 5.26 Å². The first-order chi connectivity index (χ1) is 16.7. The molecular weight excluding hydrogens is 480 g/mol. The monoisotopic (exact) mass is 499 g/mol. The van der Waals surface area contributed by atoms with Gasteiger partial charge in [0.2, 0.25) is 0 Å². The predicted molar refractivity (Wildman–Crippen MR) is 126 cm³/mol. The van der Waals surface area contributed by atoms with Crippen molar-refractivity contribution < 1.29 is 31.5 Å². The molecule has 0 aliphatic heterocycles. The summed E-state index contributed by atoms with van der Waals surface area (Å²) in [5.41, 5.74) is 0.788. The van der Waals surface area contributed by atoms with Gasteiger partial charge in [0, 0.05) is 11.4 Å².